The van der Waals surface area contributed by atoms with Gasteiger partial charge in [-0.1, -0.05) is 58.3 Å². The fourth-order valence-corrected chi connectivity index (χ4v) is 2.26. The maximum Gasteiger partial charge on any atom is 0.414 e. The first kappa shape index (κ1) is 20.4. The highest BCUT2D eigenvalue weighted by molar-refractivity contribution is 5.91. The van der Waals surface area contributed by atoms with E-state index < -0.39 is 18.0 Å². The Morgan fingerprint density at radius 1 is 0.773 bits per heavy atom. The number of aliphatic carboxylic acids is 1. The smallest absolute Gasteiger partial charge is 0.414 e. The van der Waals surface area contributed by atoms with Gasteiger partial charge >= 0.3 is 12.1 Å². The Labute approximate surface area is 132 Å². The molecule has 0 unspecified atom stereocenters. The van der Waals surface area contributed by atoms with Crippen molar-refractivity contribution in [3.05, 3.63) is 0 Å². The Kier molecular flexibility index (Phi) is 12.2. The van der Waals surface area contributed by atoms with E-state index >= 15 is 0 Å². The number of carboxylic acid groups (broad SMARTS) is 2. The summed E-state index contributed by atoms with van der Waals surface area (Å²) in [4.78, 5) is 33.7. The van der Waals surface area contributed by atoms with Gasteiger partial charge in [-0.25, -0.2) is 9.69 Å². The molecule has 0 saturated heterocycles. The first-order valence-corrected chi connectivity index (χ1v) is 8.24. The average Bonchev–Trinajstić information content (AvgIpc) is 2.45. The summed E-state index contributed by atoms with van der Waals surface area (Å²) in [6.45, 7) is 1.91. The summed E-state index contributed by atoms with van der Waals surface area (Å²) in [6, 6.07) is 0. The number of nitrogens with zero attached hydrogens (tertiary/aromatic N) is 1. The predicted octanol–water partition coefficient (Wildman–Crippen LogP) is 3.89. The molecule has 6 heteroatoms. The molecule has 0 spiro atoms. The summed E-state index contributed by atoms with van der Waals surface area (Å²) < 4.78 is 0. The number of hydrogen-bond donors (Lipinski definition) is 2. The zero-order chi connectivity index (χ0) is 16.8. The molecule has 0 rings (SSSR count). The van der Waals surface area contributed by atoms with Crippen LogP contribution in [0.3, 0.4) is 0 Å². The molecular formula is C16H29NO5. The van der Waals surface area contributed by atoms with E-state index in [4.69, 9.17) is 10.2 Å². The Hall–Kier alpha value is -1.59. The lowest BCUT2D eigenvalue weighted by Crippen LogP contribution is -2.37. The van der Waals surface area contributed by atoms with E-state index in [1.54, 1.807) is 0 Å². The van der Waals surface area contributed by atoms with E-state index in [0.29, 0.717) is 11.3 Å². The maximum atomic E-state index is 11.8. The van der Waals surface area contributed by atoms with Gasteiger partial charge in [0.25, 0.3) is 0 Å². The molecular weight excluding hydrogens is 286 g/mol. The Morgan fingerprint density at radius 3 is 1.73 bits per heavy atom. The van der Waals surface area contributed by atoms with E-state index in [1.807, 2.05) is 0 Å². The molecule has 0 radical (unpaired) electrons. The summed E-state index contributed by atoms with van der Waals surface area (Å²) in [5.41, 5.74) is 0. The highest BCUT2D eigenvalue weighted by Gasteiger charge is 2.20. The zero-order valence-corrected chi connectivity index (χ0v) is 13.6. The number of rotatable bonds is 13. The number of carbonyl (C=O) groups is 3. The van der Waals surface area contributed by atoms with Gasteiger partial charge in [0.1, 0.15) is 0 Å². The summed E-state index contributed by atoms with van der Waals surface area (Å²) in [6.07, 6.45) is 8.51. The summed E-state index contributed by atoms with van der Waals surface area (Å²) in [5.74, 6) is -1.61. The predicted molar refractivity (Wildman–Crippen MR) is 83.8 cm³/mol. The van der Waals surface area contributed by atoms with Crippen molar-refractivity contribution in [1.29, 1.82) is 0 Å². The molecule has 0 atom stereocenters. The van der Waals surface area contributed by atoms with E-state index in [2.05, 4.69) is 6.92 Å². The molecule has 22 heavy (non-hydrogen) atoms. The van der Waals surface area contributed by atoms with Crippen LogP contribution in [0.25, 0.3) is 0 Å². The fourth-order valence-electron chi connectivity index (χ4n) is 2.26. The van der Waals surface area contributed by atoms with Gasteiger partial charge in [0.2, 0.25) is 5.91 Å². The highest BCUT2D eigenvalue weighted by atomic mass is 16.4. The molecule has 6 nitrogen and oxygen atoms in total. The third-order valence-corrected chi connectivity index (χ3v) is 3.58. The molecule has 0 fully saturated rings. The van der Waals surface area contributed by atoms with E-state index in [9.17, 15) is 14.4 Å². The molecule has 0 aliphatic rings. The fraction of sp³-hybridized carbons (Fsp3) is 0.812. The SMILES string of the molecule is CCCCCCCCCCCC(=O)N(CCC(=O)O)C(=O)O. The van der Waals surface area contributed by atoms with Gasteiger partial charge in [-0.3, -0.25) is 9.59 Å². The lowest BCUT2D eigenvalue weighted by Gasteiger charge is -2.16. The van der Waals surface area contributed by atoms with Crippen molar-refractivity contribution in [2.45, 2.75) is 77.6 Å². The average molecular weight is 315 g/mol. The quantitative estimate of drug-likeness (QED) is 0.503. The third kappa shape index (κ3) is 11.1. The van der Waals surface area contributed by atoms with Gasteiger partial charge in [-0.2, -0.15) is 0 Å². The van der Waals surface area contributed by atoms with Gasteiger partial charge < -0.3 is 10.2 Å². The molecule has 0 aromatic carbocycles. The lowest BCUT2D eigenvalue weighted by molar-refractivity contribution is -0.137. The summed E-state index contributed by atoms with van der Waals surface area (Å²) >= 11 is 0. The summed E-state index contributed by atoms with van der Waals surface area (Å²) in [5, 5.41) is 17.5. The Balaban J connectivity index is 3.72. The first-order chi connectivity index (χ1) is 10.5. The molecule has 0 aromatic rings. The minimum absolute atomic E-state index is 0.168. The highest BCUT2D eigenvalue weighted by Crippen LogP contribution is 2.11. The number of imide groups is 1. The van der Waals surface area contributed by atoms with Crippen molar-refractivity contribution in [2.75, 3.05) is 6.54 Å². The van der Waals surface area contributed by atoms with E-state index in [1.165, 1.54) is 32.1 Å². The van der Waals surface area contributed by atoms with Crippen LogP contribution in [0.1, 0.15) is 77.6 Å². The van der Waals surface area contributed by atoms with Gasteiger partial charge in [0.15, 0.2) is 0 Å². The molecule has 0 aromatic heterocycles. The minimum atomic E-state index is -1.37. The Bertz CT molecular complexity index is 343. The first-order valence-electron chi connectivity index (χ1n) is 8.24. The van der Waals surface area contributed by atoms with Crippen LogP contribution >= 0.6 is 0 Å². The molecule has 0 aliphatic heterocycles. The largest absolute Gasteiger partial charge is 0.481 e. The molecule has 0 heterocycles. The van der Waals surface area contributed by atoms with E-state index in [-0.39, 0.29) is 19.4 Å². The number of carbonyl (C=O) groups excluding carboxylic acids is 1. The molecule has 128 valence electrons. The van der Waals surface area contributed by atoms with Crippen LogP contribution in [0, 0.1) is 0 Å². The van der Waals surface area contributed by atoms with Crippen molar-refractivity contribution in [3.8, 4) is 0 Å². The number of carboxylic acids is 1. The van der Waals surface area contributed by atoms with Crippen LogP contribution < -0.4 is 0 Å². The topological polar surface area (TPSA) is 94.9 Å². The van der Waals surface area contributed by atoms with Crippen LogP contribution in [0.4, 0.5) is 4.79 Å². The number of hydrogen-bond acceptors (Lipinski definition) is 3. The van der Waals surface area contributed by atoms with Gasteiger partial charge in [-0.05, 0) is 6.42 Å². The second kappa shape index (κ2) is 13.1. The van der Waals surface area contributed by atoms with Gasteiger partial charge in [-0.15, -0.1) is 0 Å². The zero-order valence-electron chi connectivity index (χ0n) is 13.6. The second-order valence-electron chi connectivity index (χ2n) is 5.55. The molecule has 0 saturated carbocycles. The minimum Gasteiger partial charge on any atom is -0.481 e. The normalized spacial score (nSPS) is 10.4. The van der Waals surface area contributed by atoms with Crippen LogP contribution in [-0.4, -0.2) is 39.6 Å². The number of amides is 2. The summed E-state index contributed by atoms with van der Waals surface area (Å²) in [7, 11) is 0. The second-order valence-corrected chi connectivity index (χ2v) is 5.55. The van der Waals surface area contributed by atoms with Crippen molar-refractivity contribution < 1.29 is 24.6 Å². The molecule has 0 aliphatic carbocycles. The van der Waals surface area contributed by atoms with Crippen LogP contribution in [0.15, 0.2) is 0 Å². The standard InChI is InChI=1S/C16H29NO5/c1-2-3-4-5-6-7-8-9-10-11-14(18)17(16(21)22)13-12-15(19)20/h2-13H2,1H3,(H,19,20)(H,21,22). The monoisotopic (exact) mass is 315 g/mol. The van der Waals surface area contributed by atoms with Crippen molar-refractivity contribution >= 4 is 18.0 Å². The van der Waals surface area contributed by atoms with Gasteiger partial charge in [0.05, 0.1) is 6.42 Å². The van der Waals surface area contributed by atoms with Crippen molar-refractivity contribution in [2.24, 2.45) is 0 Å². The Morgan fingerprint density at radius 2 is 1.27 bits per heavy atom. The molecule has 2 amide bonds. The van der Waals surface area contributed by atoms with Crippen molar-refractivity contribution in [3.63, 3.8) is 0 Å². The lowest BCUT2D eigenvalue weighted by atomic mass is 10.1. The number of unbranched alkanes of at least 4 members (excludes halogenated alkanes) is 8. The maximum absolute atomic E-state index is 11.8. The van der Waals surface area contributed by atoms with Gasteiger partial charge in [0, 0.05) is 13.0 Å². The van der Waals surface area contributed by atoms with E-state index in [0.717, 1.165) is 19.3 Å². The van der Waals surface area contributed by atoms with Crippen LogP contribution in [-0.2, 0) is 9.59 Å². The molecule has 2 N–H and O–H groups in total. The van der Waals surface area contributed by atoms with Crippen molar-refractivity contribution in [1.82, 2.24) is 4.90 Å². The third-order valence-electron chi connectivity index (χ3n) is 3.58. The molecule has 0 bridgehead atoms. The van der Waals surface area contributed by atoms with Crippen LogP contribution in [0.2, 0.25) is 0 Å². The van der Waals surface area contributed by atoms with Crippen LogP contribution in [0.5, 0.6) is 0 Å².